The number of hydrogen-bond acceptors (Lipinski definition) is 3. The van der Waals surface area contributed by atoms with Crippen molar-refractivity contribution in [3.63, 3.8) is 0 Å². The normalized spacial score (nSPS) is 22.4. The van der Waals surface area contributed by atoms with E-state index in [1.54, 1.807) is 7.11 Å². The second kappa shape index (κ2) is 6.55. The number of rotatable bonds is 4. The van der Waals surface area contributed by atoms with Gasteiger partial charge in [-0.1, -0.05) is 44.2 Å². The lowest BCUT2D eigenvalue weighted by Crippen LogP contribution is -2.52. The van der Waals surface area contributed by atoms with Crippen LogP contribution in [0.1, 0.15) is 25.8 Å². The Kier molecular flexibility index (Phi) is 4.77. The summed E-state index contributed by atoms with van der Waals surface area (Å²) in [6.07, 6.45) is 1.69. The van der Waals surface area contributed by atoms with Gasteiger partial charge in [0, 0.05) is 0 Å². The second-order valence-electron chi connectivity index (χ2n) is 5.45. The first-order valence-electron chi connectivity index (χ1n) is 7.07. The number of nitrogens with one attached hydrogen (secondary N) is 1. The highest BCUT2D eigenvalue weighted by molar-refractivity contribution is 5.95. The van der Waals surface area contributed by atoms with Gasteiger partial charge < -0.3 is 10.1 Å². The van der Waals surface area contributed by atoms with Crippen molar-refractivity contribution in [3.8, 4) is 0 Å². The maximum Gasteiger partial charge on any atom is 0.245 e. The zero-order chi connectivity index (χ0) is 14.5. The number of aliphatic imine (C=N–C) groups is 1. The van der Waals surface area contributed by atoms with Gasteiger partial charge in [-0.15, -0.1) is 0 Å². The molecule has 0 saturated heterocycles. The number of methoxy groups -OCH3 is 1. The van der Waals surface area contributed by atoms with Crippen molar-refractivity contribution in [1.82, 2.24) is 5.32 Å². The molecule has 108 valence electrons. The highest BCUT2D eigenvalue weighted by Crippen LogP contribution is 2.16. The fourth-order valence-corrected chi connectivity index (χ4v) is 2.40. The minimum absolute atomic E-state index is 0.00105. The van der Waals surface area contributed by atoms with E-state index in [1.807, 2.05) is 32.0 Å². The summed E-state index contributed by atoms with van der Waals surface area (Å²) in [5.41, 5.74) is 1.25. The Labute approximate surface area is 120 Å². The number of nitrogens with zero attached hydrogens (tertiary/aromatic N) is 1. The molecule has 1 heterocycles. The average Bonchev–Trinajstić information content (AvgIpc) is 2.46. The number of carbonyl (C=O) groups excluding carboxylic acids is 1. The van der Waals surface area contributed by atoms with E-state index in [9.17, 15) is 4.79 Å². The molecule has 1 aliphatic rings. The quantitative estimate of drug-likeness (QED) is 0.915. The molecule has 20 heavy (non-hydrogen) atoms. The smallest absolute Gasteiger partial charge is 0.245 e. The lowest BCUT2D eigenvalue weighted by atomic mass is 9.99. The number of amides is 1. The van der Waals surface area contributed by atoms with Crippen LogP contribution in [-0.2, 0) is 16.0 Å². The zero-order valence-electron chi connectivity index (χ0n) is 12.3. The SMILES string of the molecule is COC1=N[C@@H](C(C)C)C(=O)N[C@@H]1CCc1ccccc1. The van der Waals surface area contributed by atoms with Crippen molar-refractivity contribution in [3.05, 3.63) is 35.9 Å². The van der Waals surface area contributed by atoms with Crippen molar-refractivity contribution < 1.29 is 9.53 Å². The molecule has 0 aliphatic carbocycles. The first-order valence-corrected chi connectivity index (χ1v) is 7.07. The van der Waals surface area contributed by atoms with Gasteiger partial charge in [0.1, 0.15) is 12.1 Å². The number of carbonyl (C=O) groups is 1. The maximum absolute atomic E-state index is 12.0. The highest BCUT2D eigenvalue weighted by Gasteiger charge is 2.32. The molecule has 1 aromatic carbocycles. The molecular formula is C16H22N2O2. The Morgan fingerprint density at radius 3 is 2.60 bits per heavy atom. The molecule has 1 aromatic rings. The van der Waals surface area contributed by atoms with Crippen LogP contribution in [0.2, 0.25) is 0 Å². The van der Waals surface area contributed by atoms with Crippen LogP contribution in [0.25, 0.3) is 0 Å². The molecule has 0 saturated carbocycles. The fourth-order valence-electron chi connectivity index (χ4n) is 2.40. The molecule has 2 rings (SSSR count). The second-order valence-corrected chi connectivity index (χ2v) is 5.45. The van der Waals surface area contributed by atoms with Gasteiger partial charge >= 0.3 is 0 Å². The summed E-state index contributed by atoms with van der Waals surface area (Å²) >= 11 is 0. The van der Waals surface area contributed by atoms with E-state index in [0.29, 0.717) is 5.90 Å². The predicted molar refractivity (Wildman–Crippen MR) is 79.8 cm³/mol. The third-order valence-electron chi connectivity index (χ3n) is 3.55. The van der Waals surface area contributed by atoms with Gasteiger partial charge in [-0.25, -0.2) is 4.99 Å². The van der Waals surface area contributed by atoms with Crippen LogP contribution in [0.4, 0.5) is 0 Å². The number of ether oxygens (including phenoxy) is 1. The Morgan fingerprint density at radius 1 is 1.30 bits per heavy atom. The van der Waals surface area contributed by atoms with Crippen molar-refractivity contribution in [2.75, 3.05) is 7.11 Å². The van der Waals surface area contributed by atoms with Gasteiger partial charge in [0.2, 0.25) is 11.8 Å². The van der Waals surface area contributed by atoms with Crippen LogP contribution < -0.4 is 5.32 Å². The topological polar surface area (TPSA) is 50.7 Å². The van der Waals surface area contributed by atoms with Crippen molar-refractivity contribution in [2.45, 2.75) is 38.8 Å². The predicted octanol–water partition coefficient (Wildman–Crippen LogP) is 2.19. The van der Waals surface area contributed by atoms with E-state index in [0.717, 1.165) is 12.8 Å². The summed E-state index contributed by atoms with van der Waals surface area (Å²) in [4.78, 5) is 16.5. The van der Waals surface area contributed by atoms with Gasteiger partial charge in [0.25, 0.3) is 0 Å². The number of hydrogen-bond donors (Lipinski definition) is 1. The van der Waals surface area contributed by atoms with E-state index < -0.39 is 0 Å². The Bertz CT molecular complexity index is 483. The molecule has 1 aliphatic heterocycles. The molecule has 0 unspecified atom stereocenters. The summed E-state index contributed by atoms with van der Waals surface area (Å²) in [5.74, 6) is 0.813. The van der Waals surface area contributed by atoms with Gasteiger partial charge in [-0.2, -0.15) is 0 Å². The lowest BCUT2D eigenvalue weighted by Gasteiger charge is -2.29. The molecule has 1 amide bonds. The van der Waals surface area contributed by atoms with Crippen LogP contribution in [0.3, 0.4) is 0 Å². The Balaban J connectivity index is 2.04. The monoisotopic (exact) mass is 274 g/mol. The van der Waals surface area contributed by atoms with Crippen LogP contribution in [0.15, 0.2) is 35.3 Å². The Hall–Kier alpha value is -1.84. The van der Waals surface area contributed by atoms with Crippen LogP contribution in [-0.4, -0.2) is 31.0 Å². The third kappa shape index (κ3) is 3.38. The van der Waals surface area contributed by atoms with Crippen LogP contribution >= 0.6 is 0 Å². The molecule has 0 bridgehead atoms. The van der Waals surface area contributed by atoms with E-state index in [2.05, 4.69) is 22.4 Å². The summed E-state index contributed by atoms with van der Waals surface area (Å²) < 4.78 is 5.36. The average molecular weight is 274 g/mol. The fraction of sp³-hybridized carbons (Fsp3) is 0.500. The maximum atomic E-state index is 12.0. The largest absolute Gasteiger partial charge is 0.483 e. The van der Waals surface area contributed by atoms with E-state index >= 15 is 0 Å². The standard InChI is InChI=1S/C16H22N2O2/c1-11(2)14-15(19)17-13(16(18-14)20-3)10-9-12-7-5-4-6-8-12/h4-8,11,13-14H,9-10H2,1-3H3,(H,17,19)/t13-,14+/m1/s1. The molecule has 2 atom stereocenters. The molecule has 1 N–H and O–H groups in total. The molecule has 0 radical (unpaired) electrons. The lowest BCUT2D eigenvalue weighted by molar-refractivity contribution is -0.124. The summed E-state index contributed by atoms with van der Waals surface area (Å²) in [6, 6.07) is 9.77. The minimum atomic E-state index is -0.335. The van der Waals surface area contributed by atoms with Gasteiger partial charge in [-0.3, -0.25) is 4.79 Å². The number of benzene rings is 1. The van der Waals surface area contributed by atoms with E-state index in [4.69, 9.17) is 4.74 Å². The van der Waals surface area contributed by atoms with Gasteiger partial charge in [-0.05, 0) is 24.3 Å². The molecule has 0 fully saturated rings. The summed E-state index contributed by atoms with van der Waals surface area (Å²) in [7, 11) is 1.61. The van der Waals surface area contributed by atoms with Crippen molar-refractivity contribution >= 4 is 11.8 Å². The van der Waals surface area contributed by atoms with Gasteiger partial charge in [0.15, 0.2) is 0 Å². The van der Waals surface area contributed by atoms with Crippen LogP contribution in [0, 0.1) is 5.92 Å². The van der Waals surface area contributed by atoms with E-state index in [-0.39, 0.29) is 23.9 Å². The van der Waals surface area contributed by atoms with Gasteiger partial charge in [0.05, 0.1) is 7.11 Å². The highest BCUT2D eigenvalue weighted by atomic mass is 16.5. The van der Waals surface area contributed by atoms with Crippen molar-refractivity contribution in [1.29, 1.82) is 0 Å². The molecule has 0 aromatic heterocycles. The molecule has 0 spiro atoms. The van der Waals surface area contributed by atoms with E-state index in [1.165, 1.54) is 5.56 Å². The first kappa shape index (κ1) is 14.6. The third-order valence-corrected chi connectivity index (χ3v) is 3.55. The molecule has 4 nitrogen and oxygen atoms in total. The van der Waals surface area contributed by atoms with Crippen LogP contribution in [0.5, 0.6) is 0 Å². The summed E-state index contributed by atoms with van der Waals surface area (Å²) in [6.45, 7) is 3.98. The molecular weight excluding hydrogens is 252 g/mol. The number of aryl methyl sites for hydroxylation is 1. The first-order chi connectivity index (χ1) is 9.61. The summed E-state index contributed by atoms with van der Waals surface area (Å²) in [5, 5.41) is 3.02. The zero-order valence-corrected chi connectivity index (χ0v) is 12.3. The molecule has 4 heteroatoms. The minimum Gasteiger partial charge on any atom is -0.483 e. The van der Waals surface area contributed by atoms with Crippen molar-refractivity contribution in [2.24, 2.45) is 10.9 Å². The Morgan fingerprint density at radius 2 is 2.00 bits per heavy atom.